The molecule has 7 nitrogen and oxygen atoms in total. The Bertz CT molecular complexity index is 1180. The average Bonchev–Trinajstić information content (AvgIpc) is 3.38. The van der Waals surface area contributed by atoms with Gasteiger partial charge in [0.1, 0.15) is 0 Å². The van der Waals surface area contributed by atoms with Gasteiger partial charge in [0, 0.05) is 31.4 Å². The normalized spacial score (nSPS) is 18.9. The molecule has 0 bridgehead atoms. The van der Waals surface area contributed by atoms with Gasteiger partial charge in [-0.1, -0.05) is 0 Å². The van der Waals surface area contributed by atoms with Crippen LogP contribution < -0.4 is 10.4 Å². The Morgan fingerprint density at radius 3 is 2.83 bits per heavy atom. The van der Waals surface area contributed by atoms with Crippen LogP contribution in [0.5, 0.6) is 5.75 Å². The molecule has 1 atom stereocenters. The monoisotopic (exact) mass is 410 g/mol. The average molecular weight is 410 g/mol. The van der Waals surface area contributed by atoms with Crippen LogP contribution in [0.4, 0.5) is 4.39 Å². The maximum Gasteiger partial charge on any atom is 0.330 e. The highest BCUT2D eigenvalue weighted by atomic mass is 19.1. The lowest BCUT2D eigenvalue weighted by Gasteiger charge is -2.17. The minimum Gasteiger partial charge on any atom is -0.494 e. The van der Waals surface area contributed by atoms with Crippen molar-refractivity contribution >= 4 is 17.1 Å². The van der Waals surface area contributed by atoms with Crippen LogP contribution in [0.15, 0.2) is 41.3 Å². The molecule has 156 valence electrons. The highest BCUT2D eigenvalue weighted by Gasteiger charge is 2.32. The van der Waals surface area contributed by atoms with E-state index in [0.29, 0.717) is 37.6 Å². The van der Waals surface area contributed by atoms with Crippen molar-refractivity contribution in [1.82, 2.24) is 19.0 Å². The molecule has 0 spiro atoms. The molecule has 3 heterocycles. The van der Waals surface area contributed by atoms with E-state index in [-0.39, 0.29) is 29.0 Å². The fourth-order valence-electron chi connectivity index (χ4n) is 4.29. The number of methoxy groups -OCH3 is 1. The third-order valence-electron chi connectivity index (χ3n) is 6.07. The van der Waals surface area contributed by atoms with E-state index in [2.05, 4.69) is 4.98 Å². The Morgan fingerprint density at radius 1 is 1.27 bits per heavy atom. The zero-order chi connectivity index (χ0) is 20.8. The quantitative estimate of drug-likeness (QED) is 0.649. The summed E-state index contributed by atoms with van der Waals surface area (Å²) in [5.74, 6) is -0.148. The van der Waals surface area contributed by atoms with Crippen molar-refractivity contribution in [3.8, 4) is 5.75 Å². The van der Waals surface area contributed by atoms with Gasteiger partial charge in [-0.2, -0.15) is 0 Å². The summed E-state index contributed by atoms with van der Waals surface area (Å²) >= 11 is 0. The van der Waals surface area contributed by atoms with Gasteiger partial charge in [0.2, 0.25) is 0 Å². The van der Waals surface area contributed by atoms with Gasteiger partial charge in [0.05, 0.1) is 18.7 Å². The first-order valence-electron chi connectivity index (χ1n) is 10.3. The van der Waals surface area contributed by atoms with Gasteiger partial charge in [0.15, 0.2) is 17.2 Å². The largest absolute Gasteiger partial charge is 0.494 e. The smallest absolute Gasteiger partial charge is 0.330 e. The summed E-state index contributed by atoms with van der Waals surface area (Å²) in [6, 6.07) is 7.84. The lowest BCUT2D eigenvalue weighted by atomic mass is 10.2. The van der Waals surface area contributed by atoms with E-state index in [4.69, 9.17) is 4.74 Å². The number of carbonyl (C=O) groups excluding carboxylic acids is 1. The number of fused-ring (bicyclic) bond motifs is 1. The molecule has 3 aromatic rings. The molecule has 0 N–H and O–H groups in total. The second kappa shape index (κ2) is 7.27. The highest BCUT2D eigenvalue weighted by molar-refractivity contribution is 5.94. The van der Waals surface area contributed by atoms with Crippen LogP contribution >= 0.6 is 0 Å². The van der Waals surface area contributed by atoms with Crippen molar-refractivity contribution in [2.75, 3.05) is 20.2 Å². The Balaban J connectivity index is 1.43. The fourth-order valence-corrected chi connectivity index (χ4v) is 4.29. The molecule has 1 aromatic carbocycles. The van der Waals surface area contributed by atoms with Gasteiger partial charge >= 0.3 is 5.69 Å². The van der Waals surface area contributed by atoms with Crippen molar-refractivity contribution in [3.63, 3.8) is 0 Å². The van der Waals surface area contributed by atoms with E-state index in [0.717, 1.165) is 18.4 Å². The second-order valence-electron chi connectivity index (χ2n) is 8.10. The number of ether oxygens (including phenoxy) is 1. The minimum atomic E-state index is -0.567. The van der Waals surface area contributed by atoms with Gasteiger partial charge in [-0.25, -0.2) is 14.2 Å². The Morgan fingerprint density at radius 2 is 2.10 bits per heavy atom. The van der Waals surface area contributed by atoms with E-state index in [1.807, 2.05) is 16.7 Å². The van der Waals surface area contributed by atoms with Gasteiger partial charge in [-0.05, 0) is 55.5 Å². The first-order valence-corrected chi connectivity index (χ1v) is 10.3. The molecule has 0 radical (unpaired) electrons. The van der Waals surface area contributed by atoms with Crippen molar-refractivity contribution < 1.29 is 13.9 Å². The van der Waals surface area contributed by atoms with E-state index in [9.17, 15) is 14.0 Å². The molecule has 2 aliphatic rings. The number of likely N-dealkylation sites (tertiary alicyclic amines) is 1. The van der Waals surface area contributed by atoms with Crippen molar-refractivity contribution in [3.05, 3.63) is 58.4 Å². The SMILES string of the molecule is COc1ccc(C(=O)N2CC[C@@H](n3c(=O)n(CC4CC4)c4cccnc43)C2)cc1F. The second-order valence-corrected chi connectivity index (χ2v) is 8.10. The maximum absolute atomic E-state index is 14.0. The fraction of sp³-hybridized carbons (Fsp3) is 0.409. The van der Waals surface area contributed by atoms with Crippen LogP contribution in [-0.4, -0.2) is 45.1 Å². The number of imidazole rings is 1. The van der Waals surface area contributed by atoms with Gasteiger partial charge in [0.25, 0.3) is 5.91 Å². The number of carbonyl (C=O) groups is 1. The summed E-state index contributed by atoms with van der Waals surface area (Å²) < 4.78 is 22.5. The number of nitrogens with zero attached hydrogens (tertiary/aromatic N) is 4. The molecular formula is C22H23FN4O3. The van der Waals surface area contributed by atoms with Crippen LogP contribution in [0.1, 0.15) is 35.7 Å². The summed E-state index contributed by atoms with van der Waals surface area (Å²) in [6.45, 7) is 1.62. The third-order valence-corrected chi connectivity index (χ3v) is 6.07. The summed E-state index contributed by atoms with van der Waals surface area (Å²) in [5, 5.41) is 0. The predicted molar refractivity (Wildman–Crippen MR) is 109 cm³/mol. The molecule has 0 unspecified atom stereocenters. The highest BCUT2D eigenvalue weighted by Crippen LogP contribution is 2.32. The van der Waals surface area contributed by atoms with E-state index in [1.165, 1.54) is 19.2 Å². The third kappa shape index (κ3) is 3.16. The molecule has 5 rings (SSSR count). The van der Waals surface area contributed by atoms with Gasteiger partial charge < -0.3 is 9.64 Å². The number of pyridine rings is 1. The van der Waals surface area contributed by atoms with Crippen LogP contribution in [0.2, 0.25) is 0 Å². The Hall–Kier alpha value is -3.16. The summed E-state index contributed by atoms with van der Waals surface area (Å²) in [7, 11) is 1.39. The number of hydrogen-bond acceptors (Lipinski definition) is 4. The minimum absolute atomic E-state index is 0.0645. The molecule has 2 fully saturated rings. The lowest BCUT2D eigenvalue weighted by Crippen LogP contribution is -2.32. The lowest BCUT2D eigenvalue weighted by molar-refractivity contribution is 0.0787. The first kappa shape index (κ1) is 18.8. The molecule has 1 aliphatic carbocycles. The summed E-state index contributed by atoms with van der Waals surface area (Å²) in [5.41, 5.74) is 1.72. The number of benzene rings is 1. The number of amides is 1. The summed E-state index contributed by atoms with van der Waals surface area (Å²) in [4.78, 5) is 32.3. The van der Waals surface area contributed by atoms with E-state index < -0.39 is 5.82 Å². The first-order chi connectivity index (χ1) is 14.6. The van der Waals surface area contributed by atoms with Gasteiger partial charge in [-0.15, -0.1) is 0 Å². The maximum atomic E-state index is 14.0. The van der Waals surface area contributed by atoms with E-state index >= 15 is 0 Å². The van der Waals surface area contributed by atoms with Crippen molar-refractivity contribution in [2.45, 2.75) is 31.8 Å². The standard InChI is InChI=1S/C22H23FN4O3/c1-30-19-7-6-15(11-17(19)23)21(28)25-10-8-16(13-25)27-20-18(3-2-9-24-20)26(22(27)29)12-14-4-5-14/h2-3,6-7,9,11,14,16H,4-5,8,10,12-13H2,1H3/t16-/m1/s1. The molecule has 1 saturated heterocycles. The number of aromatic nitrogens is 3. The van der Waals surface area contributed by atoms with Crippen molar-refractivity contribution in [2.24, 2.45) is 5.92 Å². The topological polar surface area (TPSA) is 69.4 Å². The number of hydrogen-bond donors (Lipinski definition) is 0. The molecule has 2 aromatic heterocycles. The summed E-state index contributed by atoms with van der Waals surface area (Å²) in [6.07, 6.45) is 4.66. The number of halogens is 1. The molecule has 1 aliphatic heterocycles. The van der Waals surface area contributed by atoms with Crippen LogP contribution in [0.3, 0.4) is 0 Å². The van der Waals surface area contributed by atoms with Gasteiger partial charge in [-0.3, -0.25) is 13.9 Å². The van der Waals surface area contributed by atoms with E-state index in [1.54, 1.807) is 21.7 Å². The van der Waals surface area contributed by atoms with Crippen LogP contribution in [0, 0.1) is 11.7 Å². The number of rotatable bonds is 5. The molecule has 1 saturated carbocycles. The molecular weight excluding hydrogens is 387 g/mol. The molecule has 1 amide bonds. The molecule has 30 heavy (non-hydrogen) atoms. The Kier molecular flexibility index (Phi) is 4.56. The zero-order valence-corrected chi connectivity index (χ0v) is 16.8. The van der Waals surface area contributed by atoms with Crippen molar-refractivity contribution in [1.29, 1.82) is 0 Å². The Labute approximate surface area is 172 Å². The van der Waals surface area contributed by atoms with Crippen LogP contribution in [-0.2, 0) is 6.54 Å². The zero-order valence-electron chi connectivity index (χ0n) is 16.8. The van der Waals surface area contributed by atoms with Crippen LogP contribution in [0.25, 0.3) is 11.2 Å². The molecule has 8 heteroatoms. The predicted octanol–water partition coefficient (Wildman–Crippen LogP) is 2.84.